The molecule has 1 aliphatic rings. The minimum atomic E-state index is -2.02. The van der Waals surface area contributed by atoms with E-state index in [9.17, 15) is 9.59 Å². The van der Waals surface area contributed by atoms with E-state index in [1.165, 1.54) is 12.0 Å². The second-order valence-corrected chi connectivity index (χ2v) is 11.3. The highest BCUT2D eigenvalue weighted by Gasteiger charge is 2.47. The topological polar surface area (TPSA) is 55.8 Å². The van der Waals surface area contributed by atoms with Gasteiger partial charge >= 0.3 is 5.97 Å². The van der Waals surface area contributed by atoms with Gasteiger partial charge in [-0.25, -0.2) is 4.79 Å². The third kappa shape index (κ3) is 3.17. The van der Waals surface area contributed by atoms with E-state index >= 15 is 0 Å². The molecule has 0 N–H and O–H groups in total. The quantitative estimate of drug-likeness (QED) is 0.586. The summed E-state index contributed by atoms with van der Waals surface area (Å²) in [5, 5.41) is 0.0369. The van der Waals surface area contributed by atoms with Crippen LogP contribution in [0.5, 0.6) is 0 Å². The van der Waals surface area contributed by atoms with Crippen LogP contribution in [0.15, 0.2) is 0 Å². The van der Waals surface area contributed by atoms with Crippen molar-refractivity contribution in [3.8, 4) is 0 Å². The lowest BCUT2D eigenvalue weighted by molar-refractivity contribution is -0.148. The molecule has 0 aromatic carbocycles. The van der Waals surface area contributed by atoms with Gasteiger partial charge in [0.05, 0.1) is 7.11 Å². The van der Waals surface area contributed by atoms with Crippen molar-refractivity contribution < 1.29 is 18.8 Å². The van der Waals surface area contributed by atoms with Crippen molar-refractivity contribution in [2.45, 2.75) is 57.5 Å². The van der Waals surface area contributed by atoms with Gasteiger partial charge in [0, 0.05) is 13.5 Å². The molecule has 0 aromatic heterocycles. The fraction of sp³-hybridized carbons (Fsp3) is 0.846. The van der Waals surface area contributed by atoms with Crippen molar-refractivity contribution in [2.75, 3.05) is 14.2 Å². The largest absolute Gasteiger partial charge is 0.467 e. The van der Waals surface area contributed by atoms with Crippen LogP contribution < -0.4 is 0 Å². The molecule has 1 rings (SSSR count). The van der Waals surface area contributed by atoms with Crippen LogP contribution in [0.1, 0.15) is 27.2 Å². The van der Waals surface area contributed by atoms with E-state index in [4.69, 9.17) is 9.16 Å². The van der Waals surface area contributed by atoms with E-state index < -0.39 is 20.5 Å². The average molecular weight is 287 g/mol. The van der Waals surface area contributed by atoms with Crippen LogP contribution in [-0.4, -0.2) is 51.4 Å². The highest BCUT2D eigenvalue weighted by molar-refractivity contribution is 6.74. The number of carbonyl (C=O) groups excluding carboxylic acids is 2. The first-order chi connectivity index (χ1) is 8.51. The Morgan fingerprint density at radius 2 is 1.89 bits per heavy atom. The van der Waals surface area contributed by atoms with E-state index in [1.54, 1.807) is 7.05 Å². The van der Waals surface area contributed by atoms with E-state index in [-0.39, 0.29) is 16.9 Å². The normalized spacial score (nSPS) is 24.8. The number of amides is 1. The van der Waals surface area contributed by atoms with Crippen molar-refractivity contribution >= 4 is 20.2 Å². The predicted molar refractivity (Wildman–Crippen MR) is 75.3 cm³/mol. The standard InChI is InChI=1S/C13H25NO4Si/c1-13(2,3)19(6,7)18-10-8-9(12(16)17-5)14(4)11(10)15/h9-10H,8H2,1-7H3/t9-,10+/m1/s1. The number of likely N-dealkylation sites (N-methyl/N-ethyl adjacent to an activating group) is 1. The summed E-state index contributed by atoms with van der Waals surface area (Å²) in [6.45, 7) is 10.6. The smallest absolute Gasteiger partial charge is 0.328 e. The monoisotopic (exact) mass is 287 g/mol. The second-order valence-electron chi connectivity index (χ2n) is 6.59. The Morgan fingerprint density at radius 1 is 1.37 bits per heavy atom. The van der Waals surface area contributed by atoms with Gasteiger partial charge in [-0.2, -0.15) is 0 Å². The number of hydrogen-bond donors (Lipinski definition) is 0. The molecule has 1 saturated heterocycles. The van der Waals surface area contributed by atoms with Crippen LogP contribution in [-0.2, 0) is 18.8 Å². The first-order valence-electron chi connectivity index (χ1n) is 6.53. The molecule has 6 heteroatoms. The van der Waals surface area contributed by atoms with Crippen molar-refractivity contribution in [3.63, 3.8) is 0 Å². The molecule has 0 unspecified atom stereocenters. The Balaban J connectivity index is 2.82. The summed E-state index contributed by atoms with van der Waals surface area (Å²) in [5.74, 6) is -0.502. The van der Waals surface area contributed by atoms with Gasteiger partial charge in [0.15, 0.2) is 8.32 Å². The van der Waals surface area contributed by atoms with Crippen molar-refractivity contribution in [1.82, 2.24) is 4.90 Å². The van der Waals surface area contributed by atoms with Gasteiger partial charge in [0.1, 0.15) is 12.1 Å². The zero-order chi connectivity index (χ0) is 15.0. The molecule has 0 aliphatic carbocycles. The molecular formula is C13H25NO4Si. The second kappa shape index (κ2) is 5.24. The molecule has 0 spiro atoms. The molecule has 1 amide bonds. The van der Waals surface area contributed by atoms with Crippen molar-refractivity contribution in [1.29, 1.82) is 0 Å². The Labute approximate surface area is 116 Å². The van der Waals surface area contributed by atoms with Gasteiger partial charge in [-0.05, 0) is 18.1 Å². The Morgan fingerprint density at radius 3 is 2.32 bits per heavy atom. The summed E-state index contributed by atoms with van der Waals surface area (Å²) in [6.07, 6.45) is -0.135. The summed E-state index contributed by atoms with van der Waals surface area (Å²) < 4.78 is 10.8. The van der Waals surface area contributed by atoms with Gasteiger partial charge in [-0.1, -0.05) is 20.8 Å². The number of esters is 1. The van der Waals surface area contributed by atoms with Crippen LogP contribution in [0.25, 0.3) is 0 Å². The Bertz CT molecular complexity index is 375. The summed E-state index contributed by atoms with van der Waals surface area (Å²) in [7, 11) is 0.944. The van der Waals surface area contributed by atoms with Gasteiger partial charge < -0.3 is 14.1 Å². The van der Waals surface area contributed by atoms with E-state index in [2.05, 4.69) is 33.9 Å². The minimum Gasteiger partial charge on any atom is -0.467 e. The minimum absolute atomic E-state index is 0.0369. The van der Waals surface area contributed by atoms with E-state index in [1.807, 2.05) is 0 Å². The Kier molecular flexibility index (Phi) is 4.46. The fourth-order valence-electron chi connectivity index (χ4n) is 1.86. The van der Waals surface area contributed by atoms with Gasteiger partial charge in [-0.3, -0.25) is 4.79 Å². The predicted octanol–water partition coefficient (Wildman–Crippen LogP) is 1.78. The molecule has 0 bridgehead atoms. The van der Waals surface area contributed by atoms with Gasteiger partial charge in [0.25, 0.3) is 5.91 Å². The summed E-state index contributed by atoms with van der Waals surface area (Å²) in [6, 6.07) is -0.521. The number of nitrogens with zero attached hydrogens (tertiary/aromatic N) is 1. The molecule has 0 saturated carbocycles. The van der Waals surface area contributed by atoms with Gasteiger partial charge in [0.2, 0.25) is 0 Å². The highest BCUT2D eigenvalue weighted by Crippen LogP contribution is 2.39. The molecule has 1 aliphatic heterocycles. The highest BCUT2D eigenvalue weighted by atomic mass is 28.4. The summed E-state index contributed by atoms with van der Waals surface area (Å²) >= 11 is 0. The fourth-order valence-corrected chi connectivity index (χ4v) is 3.13. The zero-order valence-electron chi connectivity index (χ0n) is 12.9. The lowest BCUT2D eigenvalue weighted by Gasteiger charge is -2.37. The number of likely N-dealkylation sites (tertiary alicyclic amines) is 1. The number of rotatable bonds is 3. The lowest BCUT2D eigenvalue weighted by atomic mass is 10.2. The molecule has 110 valence electrons. The maximum absolute atomic E-state index is 12.2. The first kappa shape index (κ1) is 16.2. The Hall–Kier alpha value is -0.883. The van der Waals surface area contributed by atoms with Crippen LogP contribution in [0.3, 0.4) is 0 Å². The third-order valence-electron chi connectivity index (χ3n) is 4.24. The average Bonchev–Trinajstić information content (AvgIpc) is 2.54. The van der Waals surface area contributed by atoms with Crippen molar-refractivity contribution in [2.24, 2.45) is 0 Å². The third-order valence-corrected chi connectivity index (χ3v) is 8.73. The van der Waals surface area contributed by atoms with E-state index in [0.717, 1.165) is 0 Å². The maximum Gasteiger partial charge on any atom is 0.328 e. The zero-order valence-corrected chi connectivity index (χ0v) is 13.9. The number of ether oxygens (including phenoxy) is 1. The molecule has 0 radical (unpaired) electrons. The molecule has 1 fully saturated rings. The van der Waals surface area contributed by atoms with Crippen molar-refractivity contribution in [3.05, 3.63) is 0 Å². The number of carbonyl (C=O) groups is 2. The molecule has 0 aromatic rings. The SMILES string of the molecule is COC(=O)[C@H]1C[C@H](O[Si](C)(C)C(C)(C)C)C(=O)N1C. The summed E-state index contributed by atoms with van der Waals surface area (Å²) in [5.41, 5.74) is 0. The number of hydrogen-bond acceptors (Lipinski definition) is 4. The van der Waals surface area contributed by atoms with Crippen LogP contribution >= 0.6 is 0 Å². The summed E-state index contributed by atoms with van der Waals surface area (Å²) in [4.78, 5) is 25.2. The number of methoxy groups -OCH3 is 1. The van der Waals surface area contributed by atoms with Crippen LogP contribution in [0, 0.1) is 0 Å². The van der Waals surface area contributed by atoms with Crippen LogP contribution in [0.2, 0.25) is 18.1 Å². The molecule has 2 atom stereocenters. The lowest BCUT2D eigenvalue weighted by Crippen LogP contribution is -2.45. The van der Waals surface area contributed by atoms with Gasteiger partial charge in [-0.15, -0.1) is 0 Å². The maximum atomic E-state index is 12.2. The molecule has 19 heavy (non-hydrogen) atoms. The molecular weight excluding hydrogens is 262 g/mol. The molecule has 1 heterocycles. The van der Waals surface area contributed by atoms with E-state index in [0.29, 0.717) is 6.42 Å². The first-order valence-corrected chi connectivity index (χ1v) is 9.44. The van der Waals surface area contributed by atoms with Crippen LogP contribution in [0.4, 0.5) is 0 Å². The molecule has 5 nitrogen and oxygen atoms in total.